The largest absolute Gasteiger partial charge is 0.418 e. The molecule has 0 saturated heterocycles. The second-order valence-corrected chi connectivity index (χ2v) is 5.63. The fourth-order valence-corrected chi connectivity index (χ4v) is 3.74. The van der Waals surface area contributed by atoms with Gasteiger partial charge in [-0.1, -0.05) is 0 Å². The first kappa shape index (κ1) is 11.0. The van der Waals surface area contributed by atoms with Crippen LogP contribution in [0.3, 0.4) is 0 Å². The monoisotopic (exact) mass is 258 g/mol. The van der Waals surface area contributed by atoms with Gasteiger partial charge in [0, 0.05) is 11.8 Å². The molecule has 4 aliphatic rings. The molecule has 2 aliphatic carbocycles. The zero-order chi connectivity index (χ0) is 13.0. The van der Waals surface area contributed by atoms with Crippen LogP contribution in [0.15, 0.2) is 24.3 Å². The zero-order valence-corrected chi connectivity index (χ0v) is 10.4. The molecule has 98 valence electrons. The van der Waals surface area contributed by atoms with Crippen LogP contribution in [-0.2, 0) is 9.47 Å². The summed E-state index contributed by atoms with van der Waals surface area (Å²) >= 11 is 0. The Balaban J connectivity index is 1.82. The first-order valence-corrected chi connectivity index (χ1v) is 6.76. The number of hydrogen-bond acceptors (Lipinski definition) is 4. The molecule has 0 unspecified atom stereocenters. The molecule has 1 spiro atoms. The van der Waals surface area contributed by atoms with E-state index < -0.39 is 5.79 Å². The van der Waals surface area contributed by atoms with Crippen LogP contribution in [0.25, 0.3) is 0 Å². The van der Waals surface area contributed by atoms with Gasteiger partial charge in [-0.3, -0.25) is 0 Å². The Hall–Kier alpha value is -1.84. The van der Waals surface area contributed by atoms with Gasteiger partial charge in [-0.15, -0.1) is 0 Å². The Bertz CT molecular complexity index is 501. The summed E-state index contributed by atoms with van der Waals surface area (Å²) in [5.74, 6) is -1.48. The normalized spacial score (nSPS) is 30.7. The molecular weight excluding hydrogens is 244 g/mol. The van der Waals surface area contributed by atoms with Gasteiger partial charge in [-0.2, -0.15) is 0 Å². The van der Waals surface area contributed by atoms with E-state index in [1.807, 2.05) is 0 Å². The van der Waals surface area contributed by atoms with Crippen molar-refractivity contribution in [1.29, 1.82) is 0 Å². The molecule has 0 amide bonds. The molecule has 0 atom stereocenters. The van der Waals surface area contributed by atoms with E-state index in [0.29, 0.717) is 11.1 Å². The standard InChI is InChI=1S/C15H14O4/c16-13-9-1-2-10(4-3-9)14(17)19-15(18-13)11-5-6-12(15)8-7-11/h1-4,11-12H,5-8H2. The van der Waals surface area contributed by atoms with Crippen LogP contribution in [-0.4, -0.2) is 17.7 Å². The van der Waals surface area contributed by atoms with Crippen molar-refractivity contribution in [2.75, 3.05) is 0 Å². The third-order valence-corrected chi connectivity index (χ3v) is 4.73. The molecular formula is C15H14O4. The van der Waals surface area contributed by atoms with Gasteiger partial charge in [0.2, 0.25) is 0 Å². The Morgan fingerprint density at radius 3 is 1.53 bits per heavy atom. The molecule has 4 bridgehead atoms. The molecule has 2 fully saturated rings. The number of esters is 2. The van der Waals surface area contributed by atoms with Crippen LogP contribution in [0.1, 0.15) is 46.4 Å². The van der Waals surface area contributed by atoms with E-state index in [-0.39, 0.29) is 23.8 Å². The summed E-state index contributed by atoms with van der Waals surface area (Å²) in [6.07, 6.45) is 3.88. The molecule has 2 heterocycles. The zero-order valence-electron chi connectivity index (χ0n) is 10.4. The van der Waals surface area contributed by atoms with Crippen LogP contribution in [0.4, 0.5) is 0 Å². The van der Waals surface area contributed by atoms with Crippen LogP contribution >= 0.6 is 0 Å². The maximum absolute atomic E-state index is 12.2. The third-order valence-electron chi connectivity index (χ3n) is 4.73. The second-order valence-electron chi connectivity index (χ2n) is 5.63. The molecule has 1 aromatic carbocycles. The summed E-state index contributed by atoms with van der Waals surface area (Å²) < 4.78 is 11.3. The minimum absolute atomic E-state index is 0.157. The van der Waals surface area contributed by atoms with E-state index in [9.17, 15) is 9.59 Å². The van der Waals surface area contributed by atoms with Gasteiger partial charge in [-0.25, -0.2) is 9.59 Å². The number of fused-ring (bicyclic) bond motifs is 4. The molecule has 4 nitrogen and oxygen atoms in total. The van der Waals surface area contributed by atoms with Gasteiger partial charge in [0.05, 0.1) is 11.1 Å². The minimum Gasteiger partial charge on any atom is -0.418 e. The Morgan fingerprint density at radius 2 is 1.16 bits per heavy atom. The summed E-state index contributed by atoms with van der Waals surface area (Å²) in [5.41, 5.74) is 0.959. The SMILES string of the molecule is O=C1OC2(OC(=O)c3ccc1cc3)C1CCC2CC1. The highest BCUT2D eigenvalue weighted by atomic mass is 16.7. The highest BCUT2D eigenvalue weighted by molar-refractivity contribution is 5.94. The molecule has 0 N–H and O–H groups in total. The lowest BCUT2D eigenvalue weighted by Crippen LogP contribution is -2.44. The van der Waals surface area contributed by atoms with Crippen molar-refractivity contribution in [3.63, 3.8) is 0 Å². The van der Waals surface area contributed by atoms with E-state index in [2.05, 4.69) is 0 Å². The molecule has 2 aliphatic heterocycles. The molecule has 4 heteroatoms. The smallest absolute Gasteiger partial charge is 0.341 e. The highest BCUT2D eigenvalue weighted by Gasteiger charge is 2.61. The molecule has 0 aromatic heterocycles. The Kier molecular flexibility index (Phi) is 2.08. The maximum Gasteiger partial charge on any atom is 0.341 e. The van der Waals surface area contributed by atoms with Crippen molar-refractivity contribution in [3.8, 4) is 0 Å². The lowest BCUT2D eigenvalue weighted by molar-refractivity contribution is -0.196. The van der Waals surface area contributed by atoms with Crippen molar-refractivity contribution >= 4 is 11.9 Å². The average Bonchev–Trinajstić information content (AvgIpc) is 2.95. The average molecular weight is 258 g/mol. The number of benzene rings is 1. The Morgan fingerprint density at radius 1 is 0.789 bits per heavy atom. The topological polar surface area (TPSA) is 52.6 Å². The van der Waals surface area contributed by atoms with Gasteiger partial charge in [0.15, 0.2) is 0 Å². The number of rotatable bonds is 0. The first-order valence-electron chi connectivity index (χ1n) is 6.76. The van der Waals surface area contributed by atoms with Crippen molar-refractivity contribution < 1.29 is 19.1 Å². The van der Waals surface area contributed by atoms with E-state index >= 15 is 0 Å². The van der Waals surface area contributed by atoms with Crippen molar-refractivity contribution in [2.24, 2.45) is 11.8 Å². The fourth-order valence-electron chi connectivity index (χ4n) is 3.74. The second kappa shape index (κ2) is 3.59. The van der Waals surface area contributed by atoms with Gasteiger partial charge in [0.1, 0.15) is 0 Å². The predicted molar refractivity (Wildman–Crippen MR) is 65.5 cm³/mol. The number of carbonyl (C=O) groups is 2. The van der Waals surface area contributed by atoms with E-state index in [1.165, 1.54) is 0 Å². The summed E-state index contributed by atoms with van der Waals surface area (Å²) in [6, 6.07) is 6.48. The number of hydrogen-bond donors (Lipinski definition) is 0. The van der Waals surface area contributed by atoms with Crippen LogP contribution in [0, 0.1) is 11.8 Å². The maximum atomic E-state index is 12.2. The summed E-state index contributed by atoms with van der Waals surface area (Å²) in [6.45, 7) is 0. The molecule has 1 aromatic rings. The van der Waals surface area contributed by atoms with Crippen LogP contribution in [0.2, 0.25) is 0 Å². The number of carbonyl (C=O) groups excluding carboxylic acids is 2. The summed E-state index contributed by atoms with van der Waals surface area (Å²) in [4.78, 5) is 24.4. The lowest BCUT2D eigenvalue weighted by Gasteiger charge is -2.32. The van der Waals surface area contributed by atoms with E-state index in [0.717, 1.165) is 25.7 Å². The van der Waals surface area contributed by atoms with Crippen LogP contribution < -0.4 is 0 Å². The van der Waals surface area contributed by atoms with Gasteiger partial charge in [-0.05, 0) is 49.9 Å². The summed E-state index contributed by atoms with van der Waals surface area (Å²) in [5, 5.41) is 0. The summed E-state index contributed by atoms with van der Waals surface area (Å²) in [7, 11) is 0. The van der Waals surface area contributed by atoms with Crippen molar-refractivity contribution in [3.05, 3.63) is 35.4 Å². The number of ether oxygens (including phenoxy) is 2. The Labute approximate surface area is 110 Å². The minimum atomic E-state index is -1.01. The van der Waals surface area contributed by atoms with Gasteiger partial charge in [0.25, 0.3) is 5.79 Å². The van der Waals surface area contributed by atoms with E-state index in [1.54, 1.807) is 24.3 Å². The lowest BCUT2D eigenvalue weighted by atomic mass is 10.0. The molecule has 0 radical (unpaired) electrons. The fraction of sp³-hybridized carbons (Fsp3) is 0.467. The first-order chi connectivity index (χ1) is 9.19. The third kappa shape index (κ3) is 1.40. The molecule has 2 saturated carbocycles. The predicted octanol–water partition coefficient (Wildman–Crippen LogP) is 2.53. The molecule has 5 rings (SSSR count). The van der Waals surface area contributed by atoms with Crippen LogP contribution in [0.5, 0.6) is 0 Å². The van der Waals surface area contributed by atoms with Crippen molar-refractivity contribution in [2.45, 2.75) is 31.5 Å². The highest BCUT2D eigenvalue weighted by Crippen LogP contribution is 2.55. The quantitative estimate of drug-likeness (QED) is 0.671. The van der Waals surface area contributed by atoms with Gasteiger partial charge < -0.3 is 9.47 Å². The molecule has 19 heavy (non-hydrogen) atoms. The van der Waals surface area contributed by atoms with Gasteiger partial charge >= 0.3 is 11.9 Å². The van der Waals surface area contributed by atoms with E-state index in [4.69, 9.17) is 9.47 Å². The van der Waals surface area contributed by atoms with Crippen molar-refractivity contribution in [1.82, 2.24) is 0 Å².